The van der Waals surface area contributed by atoms with Gasteiger partial charge in [-0.05, 0) is 119 Å². The van der Waals surface area contributed by atoms with E-state index in [0.717, 1.165) is 46.6 Å². The molecule has 57 heavy (non-hydrogen) atoms. The van der Waals surface area contributed by atoms with Crippen LogP contribution in [-0.4, -0.2) is 100 Å². The first-order valence-corrected chi connectivity index (χ1v) is 20.3. The summed E-state index contributed by atoms with van der Waals surface area (Å²) in [6.07, 6.45) is 7.21. The molecule has 2 saturated heterocycles. The monoisotopic (exact) mass is 847 g/mol. The van der Waals surface area contributed by atoms with Crippen molar-refractivity contribution in [2.24, 2.45) is 11.8 Å². The maximum atomic E-state index is 12.6. The fourth-order valence-corrected chi connectivity index (χ4v) is 6.77. The maximum Gasteiger partial charge on any atom is 0.410 e. The van der Waals surface area contributed by atoms with Crippen LogP contribution in [0.15, 0.2) is 77.5 Å². The summed E-state index contributed by atoms with van der Waals surface area (Å²) in [4.78, 5) is 65.3. The molecule has 0 spiro atoms. The fraction of sp³-hybridized carbons (Fsp3) is 0.500. The van der Waals surface area contributed by atoms with Crippen LogP contribution < -0.4 is 0 Å². The molecule has 0 aliphatic carbocycles. The number of hydroxylamine groups is 2. The highest BCUT2D eigenvalue weighted by Gasteiger charge is 2.29. The number of benzene rings is 2. The molecule has 0 unspecified atom stereocenters. The third kappa shape index (κ3) is 15.0. The molecule has 308 valence electrons. The minimum Gasteiger partial charge on any atom is -0.444 e. The summed E-state index contributed by atoms with van der Waals surface area (Å²) in [7, 11) is 3.08. The van der Waals surface area contributed by atoms with E-state index in [0.29, 0.717) is 56.4 Å². The molecule has 0 saturated carbocycles. The lowest BCUT2D eigenvalue weighted by atomic mass is 9.90. The topological polar surface area (TPSA) is 131 Å². The molecule has 2 aliphatic rings. The van der Waals surface area contributed by atoms with E-state index in [-0.39, 0.29) is 23.9 Å². The zero-order chi connectivity index (χ0) is 41.8. The van der Waals surface area contributed by atoms with E-state index >= 15 is 0 Å². The molecule has 13 heteroatoms. The van der Waals surface area contributed by atoms with Crippen LogP contribution in [0.5, 0.6) is 0 Å². The number of carbonyl (C=O) groups excluding carboxylic acids is 4. The summed E-state index contributed by atoms with van der Waals surface area (Å²) < 4.78 is 11.8. The van der Waals surface area contributed by atoms with E-state index in [2.05, 4.69) is 32.0 Å². The summed E-state index contributed by atoms with van der Waals surface area (Å²) in [6.45, 7) is 13.7. The Labute approximate surface area is 345 Å². The minimum atomic E-state index is -0.479. The van der Waals surface area contributed by atoms with Crippen LogP contribution in [0, 0.1) is 11.8 Å². The van der Waals surface area contributed by atoms with Crippen LogP contribution in [0.25, 0.3) is 21.8 Å². The van der Waals surface area contributed by atoms with Gasteiger partial charge in [0.05, 0.1) is 18.1 Å². The van der Waals surface area contributed by atoms with E-state index in [9.17, 15) is 19.2 Å². The van der Waals surface area contributed by atoms with E-state index in [1.807, 2.05) is 102 Å². The van der Waals surface area contributed by atoms with Crippen LogP contribution in [0.1, 0.15) is 90.4 Å². The predicted octanol–water partition coefficient (Wildman–Crippen LogP) is 9.50. The smallest absolute Gasteiger partial charge is 0.410 e. The van der Waals surface area contributed by atoms with Crippen LogP contribution in [0.2, 0.25) is 0 Å². The van der Waals surface area contributed by atoms with Crippen molar-refractivity contribution in [1.82, 2.24) is 24.8 Å². The van der Waals surface area contributed by atoms with Crippen molar-refractivity contribution in [2.75, 3.05) is 40.3 Å². The number of amides is 3. The number of likely N-dealkylation sites (tertiary alicyclic amines) is 2. The second-order valence-electron chi connectivity index (χ2n) is 16.5. The second-order valence-corrected chi connectivity index (χ2v) is 17.4. The molecule has 4 heterocycles. The highest BCUT2D eigenvalue weighted by molar-refractivity contribution is 9.10. The predicted molar refractivity (Wildman–Crippen MR) is 226 cm³/mol. The van der Waals surface area contributed by atoms with Crippen molar-refractivity contribution in [2.45, 2.75) is 91.3 Å². The number of Topliss-reactive ketones (excluding diaryl/α,β-unsaturated/α-hetero) is 1. The Morgan fingerprint density at radius 1 is 0.702 bits per heavy atom. The highest BCUT2D eigenvalue weighted by atomic mass is 79.9. The first kappa shape index (κ1) is 45.1. The molecule has 0 atom stereocenters. The lowest BCUT2D eigenvalue weighted by Gasteiger charge is -2.33. The van der Waals surface area contributed by atoms with Gasteiger partial charge in [0.1, 0.15) is 11.2 Å². The molecule has 2 fully saturated rings. The fourth-order valence-electron chi connectivity index (χ4n) is 6.42. The van der Waals surface area contributed by atoms with Gasteiger partial charge < -0.3 is 19.3 Å². The summed E-state index contributed by atoms with van der Waals surface area (Å²) in [5.74, 6) is 0.702. The number of ketones is 1. The molecule has 0 bridgehead atoms. The van der Waals surface area contributed by atoms with Crippen molar-refractivity contribution in [3.05, 3.63) is 83.1 Å². The number of nitrogens with zero attached hydrogens (tertiary/aromatic N) is 5. The van der Waals surface area contributed by atoms with Crippen molar-refractivity contribution in [3.63, 3.8) is 0 Å². The third-order valence-corrected chi connectivity index (χ3v) is 10.00. The van der Waals surface area contributed by atoms with Crippen molar-refractivity contribution in [1.29, 1.82) is 0 Å². The number of piperidine rings is 2. The minimum absolute atomic E-state index is 0.0248. The largest absolute Gasteiger partial charge is 0.444 e. The molecule has 12 nitrogen and oxygen atoms in total. The van der Waals surface area contributed by atoms with Crippen molar-refractivity contribution >= 4 is 61.6 Å². The van der Waals surface area contributed by atoms with Crippen LogP contribution in [0.3, 0.4) is 0 Å². The van der Waals surface area contributed by atoms with Gasteiger partial charge in [-0.15, -0.1) is 0 Å². The van der Waals surface area contributed by atoms with Crippen LogP contribution in [-0.2, 0) is 19.1 Å². The third-order valence-electron chi connectivity index (χ3n) is 9.56. The first-order chi connectivity index (χ1) is 26.9. The highest BCUT2D eigenvalue weighted by Crippen LogP contribution is 2.26. The van der Waals surface area contributed by atoms with E-state index in [1.165, 1.54) is 17.6 Å². The number of para-hydroxylation sites is 2. The van der Waals surface area contributed by atoms with Gasteiger partial charge >= 0.3 is 12.2 Å². The summed E-state index contributed by atoms with van der Waals surface area (Å²) in [6, 6.07) is 19.8. The molecule has 2 aliphatic heterocycles. The maximum absolute atomic E-state index is 12.6. The number of carbonyl (C=O) groups is 4. The molecule has 0 radical (unpaired) electrons. The van der Waals surface area contributed by atoms with Gasteiger partial charge in [0.15, 0.2) is 5.78 Å². The number of fused-ring (bicyclic) bond motifs is 2. The Morgan fingerprint density at radius 2 is 1.14 bits per heavy atom. The molecule has 2 aromatic heterocycles. The summed E-state index contributed by atoms with van der Waals surface area (Å²) in [5.41, 5.74) is 1.65. The SMILES string of the molecule is Brc1cnc2ccccc2c1.CC(C)(C)OC(=O)N1CCC(CC(=O)c2cnc3ccccc3c2)CC1.CON(C)C(=O)CC1CCN(C(=O)OC(C)(C)C)CC1. The zero-order valence-corrected chi connectivity index (χ0v) is 36.2. The first-order valence-electron chi connectivity index (χ1n) is 19.6. The van der Waals surface area contributed by atoms with Crippen molar-refractivity contribution < 1.29 is 33.5 Å². The summed E-state index contributed by atoms with van der Waals surface area (Å²) >= 11 is 3.37. The quantitative estimate of drug-likeness (QED) is 0.138. The van der Waals surface area contributed by atoms with Gasteiger partial charge in [-0.2, -0.15) is 0 Å². The molecule has 4 aromatic rings. The Kier molecular flexibility index (Phi) is 16.4. The van der Waals surface area contributed by atoms with E-state index in [4.69, 9.17) is 14.3 Å². The Bertz CT molecular complexity index is 1960. The number of ether oxygens (including phenoxy) is 2. The van der Waals surface area contributed by atoms with Crippen LogP contribution in [0.4, 0.5) is 9.59 Å². The standard InChI is InChI=1S/C21H26N2O3.C14H26N2O4.C9H6BrN/c1-21(2,3)26-20(25)23-10-8-15(9-11-23)12-19(24)17-13-16-6-4-5-7-18(16)22-14-17;1-14(2,3)20-13(18)16-8-6-11(7-9-16)10-12(17)15(4)19-5;10-8-5-7-3-1-2-4-9(7)11-6-8/h4-7,13-15H,8-12H2,1-3H3;11H,6-10H2,1-5H3;1-6H. The molecule has 2 aromatic carbocycles. The molecular weight excluding hydrogens is 790 g/mol. The normalized spacial score (nSPS) is 15.2. The molecule has 0 N–H and O–H groups in total. The van der Waals surface area contributed by atoms with Crippen LogP contribution >= 0.6 is 15.9 Å². The lowest BCUT2D eigenvalue weighted by Crippen LogP contribution is -2.42. The van der Waals surface area contributed by atoms with E-state index < -0.39 is 11.2 Å². The van der Waals surface area contributed by atoms with Gasteiger partial charge in [-0.1, -0.05) is 36.4 Å². The lowest BCUT2D eigenvalue weighted by molar-refractivity contribution is -0.170. The number of hydrogen-bond acceptors (Lipinski definition) is 9. The second kappa shape index (κ2) is 20.7. The number of pyridine rings is 2. The number of halogens is 1. The molecule has 6 rings (SSSR count). The van der Waals surface area contributed by atoms with Gasteiger partial charge in [0.25, 0.3) is 0 Å². The van der Waals surface area contributed by atoms with Gasteiger partial charge in [0, 0.05) is 79.3 Å². The Hall–Kier alpha value is -4.62. The molecular formula is C44H58BrN5O7. The Balaban J connectivity index is 0.000000205. The van der Waals surface area contributed by atoms with Gasteiger partial charge in [-0.25, -0.2) is 14.7 Å². The average molecular weight is 849 g/mol. The van der Waals surface area contributed by atoms with Gasteiger partial charge in [0.2, 0.25) is 5.91 Å². The van der Waals surface area contributed by atoms with E-state index in [1.54, 1.807) is 23.0 Å². The van der Waals surface area contributed by atoms with Crippen molar-refractivity contribution in [3.8, 4) is 0 Å². The summed E-state index contributed by atoms with van der Waals surface area (Å²) in [5, 5.41) is 3.40. The number of aromatic nitrogens is 2. The average Bonchev–Trinajstić information content (AvgIpc) is 3.17. The molecule has 3 amide bonds. The van der Waals surface area contributed by atoms with Gasteiger partial charge in [-0.3, -0.25) is 24.4 Å². The number of hydrogen-bond donors (Lipinski definition) is 0. The Morgan fingerprint density at radius 3 is 1.61 bits per heavy atom. The zero-order valence-electron chi connectivity index (χ0n) is 34.6. The number of rotatable bonds is 6.